The zero-order valence-electron chi connectivity index (χ0n) is 8.64. The summed E-state index contributed by atoms with van der Waals surface area (Å²) < 4.78 is 0. The van der Waals surface area contributed by atoms with Crippen LogP contribution in [0, 0.1) is 5.41 Å². The lowest BCUT2D eigenvalue weighted by Crippen LogP contribution is -2.39. The van der Waals surface area contributed by atoms with Gasteiger partial charge in [-0.2, -0.15) is 0 Å². The van der Waals surface area contributed by atoms with Crippen LogP contribution >= 0.6 is 0 Å². The Labute approximate surface area is 76.1 Å². The van der Waals surface area contributed by atoms with E-state index in [4.69, 9.17) is 5.73 Å². The first kappa shape index (κ1) is 10.0. The van der Waals surface area contributed by atoms with Gasteiger partial charge in [0.1, 0.15) is 0 Å². The van der Waals surface area contributed by atoms with E-state index in [-0.39, 0.29) is 0 Å². The molecule has 1 atom stereocenters. The Hall–Kier alpha value is -0.0800. The summed E-state index contributed by atoms with van der Waals surface area (Å²) in [6, 6.07) is 0.863. The van der Waals surface area contributed by atoms with Crippen molar-refractivity contribution in [2.75, 3.05) is 20.1 Å². The fourth-order valence-electron chi connectivity index (χ4n) is 1.57. The highest BCUT2D eigenvalue weighted by molar-refractivity contribution is 4.86. The first-order valence-electron chi connectivity index (χ1n) is 5.01. The van der Waals surface area contributed by atoms with Crippen LogP contribution in [0.4, 0.5) is 0 Å². The van der Waals surface area contributed by atoms with Crippen LogP contribution in [0.25, 0.3) is 0 Å². The number of hydrogen-bond acceptors (Lipinski definition) is 2. The van der Waals surface area contributed by atoms with Gasteiger partial charge in [0, 0.05) is 12.6 Å². The summed E-state index contributed by atoms with van der Waals surface area (Å²) in [6.45, 7) is 6.48. The van der Waals surface area contributed by atoms with Gasteiger partial charge < -0.3 is 10.6 Å². The van der Waals surface area contributed by atoms with Crippen molar-refractivity contribution in [1.29, 1.82) is 0 Å². The molecule has 2 N–H and O–H groups in total. The third kappa shape index (κ3) is 2.46. The molecule has 0 aromatic carbocycles. The normalized spacial score (nSPS) is 22.8. The van der Waals surface area contributed by atoms with Crippen LogP contribution in [0.1, 0.15) is 33.1 Å². The van der Waals surface area contributed by atoms with E-state index in [1.165, 1.54) is 19.3 Å². The van der Waals surface area contributed by atoms with Gasteiger partial charge in [-0.25, -0.2) is 0 Å². The molecule has 1 fully saturated rings. The summed E-state index contributed by atoms with van der Waals surface area (Å²) in [7, 11) is 2.22. The summed E-state index contributed by atoms with van der Waals surface area (Å²) in [6.07, 6.45) is 3.96. The van der Waals surface area contributed by atoms with Crippen LogP contribution < -0.4 is 5.73 Å². The van der Waals surface area contributed by atoms with E-state index in [2.05, 4.69) is 25.8 Å². The van der Waals surface area contributed by atoms with Crippen LogP contribution in [0.3, 0.4) is 0 Å². The third-order valence-corrected chi connectivity index (χ3v) is 3.15. The maximum atomic E-state index is 5.76. The topological polar surface area (TPSA) is 29.3 Å². The quantitative estimate of drug-likeness (QED) is 0.677. The molecule has 72 valence electrons. The standard InChI is InChI=1S/C10H22N2/c1-4-10(2,7-11)8-12(3)9-5-6-9/h9H,4-8,11H2,1-3H3. The molecule has 1 rings (SSSR count). The Kier molecular flexibility index (Phi) is 3.13. The molecule has 0 heterocycles. The Morgan fingerprint density at radius 1 is 1.50 bits per heavy atom. The van der Waals surface area contributed by atoms with Gasteiger partial charge >= 0.3 is 0 Å². The minimum Gasteiger partial charge on any atom is -0.330 e. The van der Waals surface area contributed by atoms with Crippen LogP contribution in [-0.4, -0.2) is 31.1 Å². The SMILES string of the molecule is CCC(C)(CN)CN(C)C1CC1. The van der Waals surface area contributed by atoms with E-state index < -0.39 is 0 Å². The molecule has 2 heteroatoms. The van der Waals surface area contributed by atoms with Crippen molar-refractivity contribution in [2.24, 2.45) is 11.1 Å². The lowest BCUT2D eigenvalue weighted by molar-refractivity contribution is 0.186. The highest BCUT2D eigenvalue weighted by Crippen LogP contribution is 2.29. The minimum absolute atomic E-state index is 0.331. The van der Waals surface area contributed by atoms with E-state index in [0.29, 0.717) is 5.41 Å². The molecule has 0 aromatic rings. The summed E-state index contributed by atoms with van der Waals surface area (Å²) >= 11 is 0. The van der Waals surface area contributed by atoms with Gasteiger partial charge in [0.05, 0.1) is 0 Å². The highest BCUT2D eigenvalue weighted by atomic mass is 15.2. The number of nitrogens with zero attached hydrogens (tertiary/aromatic N) is 1. The first-order chi connectivity index (χ1) is 5.61. The maximum Gasteiger partial charge on any atom is 0.00936 e. The molecule has 1 unspecified atom stereocenters. The van der Waals surface area contributed by atoms with Crippen molar-refractivity contribution >= 4 is 0 Å². The predicted octanol–water partition coefficient (Wildman–Crippen LogP) is 1.46. The molecule has 0 bridgehead atoms. The van der Waals surface area contributed by atoms with Gasteiger partial charge in [0.2, 0.25) is 0 Å². The van der Waals surface area contributed by atoms with Crippen LogP contribution in [-0.2, 0) is 0 Å². The first-order valence-corrected chi connectivity index (χ1v) is 5.01. The van der Waals surface area contributed by atoms with Gasteiger partial charge in [0.25, 0.3) is 0 Å². The molecule has 0 aromatic heterocycles. The summed E-state index contributed by atoms with van der Waals surface area (Å²) in [4.78, 5) is 2.47. The van der Waals surface area contributed by atoms with E-state index >= 15 is 0 Å². The van der Waals surface area contributed by atoms with Gasteiger partial charge in [0.15, 0.2) is 0 Å². The van der Waals surface area contributed by atoms with Crippen molar-refractivity contribution in [3.63, 3.8) is 0 Å². The molecule has 0 saturated heterocycles. The predicted molar refractivity (Wildman–Crippen MR) is 53.1 cm³/mol. The Morgan fingerprint density at radius 3 is 2.42 bits per heavy atom. The molecule has 0 radical (unpaired) electrons. The molecular weight excluding hydrogens is 148 g/mol. The summed E-state index contributed by atoms with van der Waals surface area (Å²) in [5.74, 6) is 0. The van der Waals surface area contributed by atoms with Gasteiger partial charge in [-0.15, -0.1) is 0 Å². The van der Waals surface area contributed by atoms with E-state index in [0.717, 1.165) is 19.1 Å². The maximum absolute atomic E-state index is 5.76. The van der Waals surface area contributed by atoms with E-state index in [1.807, 2.05) is 0 Å². The van der Waals surface area contributed by atoms with Crippen molar-refractivity contribution in [2.45, 2.75) is 39.2 Å². The van der Waals surface area contributed by atoms with Crippen LogP contribution in [0.15, 0.2) is 0 Å². The second-order valence-corrected chi connectivity index (χ2v) is 4.51. The lowest BCUT2D eigenvalue weighted by atomic mass is 9.87. The fraction of sp³-hybridized carbons (Fsp3) is 1.00. The van der Waals surface area contributed by atoms with Crippen molar-refractivity contribution in [3.05, 3.63) is 0 Å². The molecule has 1 aliphatic rings. The van der Waals surface area contributed by atoms with Crippen molar-refractivity contribution < 1.29 is 0 Å². The Bertz CT molecular complexity index is 137. The minimum atomic E-state index is 0.331. The van der Waals surface area contributed by atoms with Crippen LogP contribution in [0.2, 0.25) is 0 Å². The molecule has 0 spiro atoms. The number of rotatable bonds is 5. The van der Waals surface area contributed by atoms with Gasteiger partial charge in [-0.1, -0.05) is 13.8 Å². The van der Waals surface area contributed by atoms with E-state index in [9.17, 15) is 0 Å². The lowest BCUT2D eigenvalue weighted by Gasteiger charge is -2.31. The zero-order chi connectivity index (χ0) is 9.19. The second-order valence-electron chi connectivity index (χ2n) is 4.51. The Morgan fingerprint density at radius 2 is 2.08 bits per heavy atom. The molecule has 0 amide bonds. The zero-order valence-corrected chi connectivity index (χ0v) is 8.64. The number of hydrogen-bond donors (Lipinski definition) is 1. The number of nitrogens with two attached hydrogens (primary N) is 1. The highest BCUT2D eigenvalue weighted by Gasteiger charge is 2.31. The van der Waals surface area contributed by atoms with Crippen LogP contribution in [0.5, 0.6) is 0 Å². The third-order valence-electron chi connectivity index (χ3n) is 3.15. The molecule has 12 heavy (non-hydrogen) atoms. The average Bonchev–Trinajstić information content (AvgIpc) is 2.86. The van der Waals surface area contributed by atoms with Crippen molar-refractivity contribution in [3.8, 4) is 0 Å². The summed E-state index contributed by atoms with van der Waals surface area (Å²) in [5, 5.41) is 0. The van der Waals surface area contributed by atoms with Crippen molar-refractivity contribution in [1.82, 2.24) is 4.90 Å². The van der Waals surface area contributed by atoms with Gasteiger partial charge in [-0.3, -0.25) is 0 Å². The molecule has 0 aliphatic heterocycles. The largest absolute Gasteiger partial charge is 0.330 e. The van der Waals surface area contributed by atoms with E-state index in [1.54, 1.807) is 0 Å². The Balaban J connectivity index is 2.34. The second kappa shape index (κ2) is 3.75. The molecule has 1 saturated carbocycles. The fourth-order valence-corrected chi connectivity index (χ4v) is 1.57. The van der Waals surface area contributed by atoms with Gasteiger partial charge in [-0.05, 0) is 38.3 Å². The summed E-state index contributed by atoms with van der Waals surface area (Å²) in [5.41, 5.74) is 6.09. The molecular formula is C10H22N2. The monoisotopic (exact) mass is 170 g/mol. The average molecular weight is 170 g/mol. The smallest absolute Gasteiger partial charge is 0.00936 e. The molecule has 2 nitrogen and oxygen atoms in total. The molecule has 1 aliphatic carbocycles.